The second-order valence-electron chi connectivity index (χ2n) is 4.29. The Morgan fingerprint density at radius 3 is 1.84 bits per heavy atom. The van der Waals surface area contributed by atoms with E-state index in [-0.39, 0.29) is 0 Å². The molecule has 0 saturated carbocycles. The molecule has 0 saturated heterocycles. The predicted molar refractivity (Wildman–Crippen MR) is 79.7 cm³/mol. The average molecular weight is 254 g/mol. The van der Waals surface area contributed by atoms with E-state index >= 15 is 0 Å². The topological polar surface area (TPSA) is 18.5 Å². The number of hydrogen-bond acceptors (Lipinski definition) is 2. The smallest absolute Gasteiger partial charge is 0.126 e. The van der Waals surface area contributed by atoms with E-state index in [2.05, 4.69) is 24.3 Å². The highest BCUT2D eigenvalue weighted by Gasteiger charge is 2.06. The summed E-state index contributed by atoms with van der Waals surface area (Å²) >= 11 is 0. The fourth-order valence-corrected chi connectivity index (χ4v) is 1.96. The maximum Gasteiger partial charge on any atom is 0.126 e. The molecule has 0 amide bonds. The van der Waals surface area contributed by atoms with E-state index in [9.17, 15) is 0 Å². The van der Waals surface area contributed by atoms with Gasteiger partial charge in [0, 0.05) is 5.56 Å². The van der Waals surface area contributed by atoms with Gasteiger partial charge in [-0.3, -0.25) is 0 Å². The summed E-state index contributed by atoms with van der Waals surface area (Å²) in [6, 6.07) is 14.2. The molecule has 0 atom stereocenters. The molecule has 19 heavy (non-hydrogen) atoms. The Balaban J connectivity index is 2.33. The van der Waals surface area contributed by atoms with Gasteiger partial charge in [-0.2, -0.15) is 0 Å². The molecule has 0 aliphatic heterocycles. The fourth-order valence-electron chi connectivity index (χ4n) is 1.96. The highest BCUT2D eigenvalue weighted by Crippen LogP contribution is 2.30. The van der Waals surface area contributed by atoms with Crippen molar-refractivity contribution in [2.75, 3.05) is 14.2 Å². The van der Waals surface area contributed by atoms with Gasteiger partial charge in [0.15, 0.2) is 0 Å². The average Bonchev–Trinajstić information content (AvgIpc) is 2.47. The van der Waals surface area contributed by atoms with Gasteiger partial charge in [0.25, 0.3) is 0 Å². The molecule has 0 aliphatic carbocycles. The van der Waals surface area contributed by atoms with E-state index in [1.807, 2.05) is 37.3 Å². The Kier molecular flexibility index (Phi) is 4.24. The van der Waals surface area contributed by atoms with Crippen molar-refractivity contribution in [3.05, 3.63) is 59.2 Å². The van der Waals surface area contributed by atoms with Crippen LogP contribution in [0.1, 0.15) is 16.7 Å². The Morgan fingerprint density at radius 2 is 1.32 bits per heavy atom. The number of hydrogen-bond donors (Lipinski definition) is 0. The summed E-state index contributed by atoms with van der Waals surface area (Å²) in [5, 5.41) is 0. The van der Waals surface area contributed by atoms with Crippen molar-refractivity contribution in [3.63, 3.8) is 0 Å². The van der Waals surface area contributed by atoms with Gasteiger partial charge in [0.1, 0.15) is 11.5 Å². The van der Waals surface area contributed by atoms with Crippen LogP contribution >= 0.6 is 0 Å². The summed E-state index contributed by atoms with van der Waals surface area (Å²) in [6.45, 7) is 1.99. The second kappa shape index (κ2) is 6.10. The van der Waals surface area contributed by atoms with Crippen molar-refractivity contribution in [3.8, 4) is 11.5 Å². The third kappa shape index (κ3) is 3.16. The first kappa shape index (κ1) is 13.2. The van der Waals surface area contributed by atoms with Crippen LogP contribution in [0.15, 0.2) is 42.5 Å². The van der Waals surface area contributed by atoms with Gasteiger partial charge in [-0.15, -0.1) is 0 Å². The quantitative estimate of drug-likeness (QED) is 0.762. The number of rotatable bonds is 4. The Bertz CT molecular complexity index is 546. The SMILES string of the molecule is COc1cc(C=Cc2ccccc2)cc(OC)c1C. The lowest BCUT2D eigenvalue weighted by molar-refractivity contribution is 0.388. The van der Waals surface area contributed by atoms with Crippen LogP contribution in [-0.4, -0.2) is 14.2 Å². The molecule has 0 bridgehead atoms. The Labute approximate surface area is 114 Å². The molecule has 2 heteroatoms. The zero-order chi connectivity index (χ0) is 13.7. The van der Waals surface area contributed by atoms with Gasteiger partial charge in [0.2, 0.25) is 0 Å². The third-order valence-corrected chi connectivity index (χ3v) is 3.04. The predicted octanol–water partition coefficient (Wildman–Crippen LogP) is 4.18. The van der Waals surface area contributed by atoms with Crippen LogP contribution in [0.2, 0.25) is 0 Å². The van der Waals surface area contributed by atoms with Crippen LogP contribution in [0.25, 0.3) is 12.2 Å². The lowest BCUT2D eigenvalue weighted by Gasteiger charge is -2.10. The first-order chi connectivity index (χ1) is 9.24. The highest BCUT2D eigenvalue weighted by atomic mass is 16.5. The Hall–Kier alpha value is -2.22. The van der Waals surface area contributed by atoms with E-state index in [0.29, 0.717) is 0 Å². The first-order valence-corrected chi connectivity index (χ1v) is 6.20. The molecule has 0 spiro atoms. The second-order valence-corrected chi connectivity index (χ2v) is 4.29. The standard InChI is InChI=1S/C17H18O2/c1-13-16(18-2)11-15(12-17(13)19-3)10-9-14-7-5-4-6-8-14/h4-12H,1-3H3. The molecule has 0 aromatic heterocycles. The summed E-state index contributed by atoms with van der Waals surface area (Å²) in [5.74, 6) is 1.68. The van der Waals surface area contributed by atoms with Crippen LogP contribution in [-0.2, 0) is 0 Å². The maximum absolute atomic E-state index is 5.37. The van der Waals surface area contributed by atoms with E-state index in [1.54, 1.807) is 14.2 Å². The maximum atomic E-state index is 5.37. The molecule has 2 aromatic rings. The molecular formula is C17H18O2. The van der Waals surface area contributed by atoms with Crippen LogP contribution < -0.4 is 9.47 Å². The van der Waals surface area contributed by atoms with Crippen LogP contribution in [0.3, 0.4) is 0 Å². The molecule has 0 fully saturated rings. The summed E-state index contributed by atoms with van der Waals surface area (Å²) in [4.78, 5) is 0. The van der Waals surface area contributed by atoms with Crippen molar-refractivity contribution in [2.45, 2.75) is 6.92 Å². The minimum absolute atomic E-state index is 0.840. The normalized spacial score (nSPS) is 10.7. The molecule has 0 N–H and O–H groups in total. The summed E-state index contributed by atoms with van der Waals surface area (Å²) in [5.41, 5.74) is 3.24. The van der Waals surface area contributed by atoms with Crippen molar-refractivity contribution in [2.24, 2.45) is 0 Å². The molecule has 2 aromatic carbocycles. The molecule has 2 nitrogen and oxygen atoms in total. The molecule has 2 rings (SSSR count). The molecule has 0 unspecified atom stereocenters. The molecule has 0 radical (unpaired) electrons. The lowest BCUT2D eigenvalue weighted by Crippen LogP contribution is -1.93. The molecule has 0 aliphatic rings. The zero-order valence-corrected chi connectivity index (χ0v) is 11.5. The zero-order valence-electron chi connectivity index (χ0n) is 11.5. The van der Waals surface area contributed by atoms with Crippen LogP contribution in [0.4, 0.5) is 0 Å². The number of ether oxygens (including phenoxy) is 2. The molecular weight excluding hydrogens is 236 g/mol. The van der Waals surface area contributed by atoms with Gasteiger partial charge in [-0.25, -0.2) is 0 Å². The number of benzene rings is 2. The van der Waals surface area contributed by atoms with E-state index in [1.165, 1.54) is 5.56 Å². The lowest BCUT2D eigenvalue weighted by atomic mass is 10.1. The van der Waals surface area contributed by atoms with E-state index in [4.69, 9.17) is 9.47 Å². The van der Waals surface area contributed by atoms with Crippen LogP contribution in [0.5, 0.6) is 11.5 Å². The molecule has 0 heterocycles. The van der Waals surface area contributed by atoms with Gasteiger partial charge in [-0.05, 0) is 30.2 Å². The largest absolute Gasteiger partial charge is 0.496 e. The highest BCUT2D eigenvalue weighted by molar-refractivity contribution is 5.71. The van der Waals surface area contributed by atoms with Gasteiger partial charge >= 0.3 is 0 Å². The van der Waals surface area contributed by atoms with E-state index in [0.717, 1.165) is 22.6 Å². The number of methoxy groups -OCH3 is 2. The van der Waals surface area contributed by atoms with E-state index < -0.39 is 0 Å². The third-order valence-electron chi connectivity index (χ3n) is 3.04. The monoisotopic (exact) mass is 254 g/mol. The summed E-state index contributed by atoms with van der Waals surface area (Å²) in [7, 11) is 3.35. The van der Waals surface area contributed by atoms with Gasteiger partial charge in [-0.1, -0.05) is 42.5 Å². The van der Waals surface area contributed by atoms with Crippen molar-refractivity contribution in [1.82, 2.24) is 0 Å². The van der Waals surface area contributed by atoms with Crippen molar-refractivity contribution < 1.29 is 9.47 Å². The van der Waals surface area contributed by atoms with Gasteiger partial charge in [0.05, 0.1) is 14.2 Å². The minimum atomic E-state index is 0.840. The summed E-state index contributed by atoms with van der Waals surface area (Å²) < 4.78 is 10.7. The van der Waals surface area contributed by atoms with Gasteiger partial charge < -0.3 is 9.47 Å². The Morgan fingerprint density at radius 1 is 0.789 bits per heavy atom. The van der Waals surface area contributed by atoms with Crippen LogP contribution in [0, 0.1) is 6.92 Å². The minimum Gasteiger partial charge on any atom is -0.496 e. The first-order valence-electron chi connectivity index (χ1n) is 6.20. The molecule has 98 valence electrons. The van der Waals surface area contributed by atoms with Crippen molar-refractivity contribution in [1.29, 1.82) is 0 Å². The fraction of sp³-hybridized carbons (Fsp3) is 0.176. The summed E-state index contributed by atoms with van der Waals surface area (Å²) in [6.07, 6.45) is 4.13. The van der Waals surface area contributed by atoms with Crippen molar-refractivity contribution >= 4 is 12.2 Å².